The van der Waals surface area contributed by atoms with E-state index < -0.39 is 0 Å². The Morgan fingerprint density at radius 3 is 2.82 bits per heavy atom. The third-order valence-corrected chi connectivity index (χ3v) is 3.79. The first-order chi connectivity index (χ1) is 8.20. The first-order valence-corrected chi connectivity index (χ1v) is 6.63. The molecule has 0 spiro atoms. The van der Waals surface area contributed by atoms with Crippen molar-refractivity contribution >= 4 is 0 Å². The summed E-state index contributed by atoms with van der Waals surface area (Å²) in [6.45, 7) is 4.54. The zero-order valence-corrected chi connectivity index (χ0v) is 10.8. The molecule has 0 heterocycles. The van der Waals surface area contributed by atoms with E-state index in [-0.39, 0.29) is 6.10 Å². The second-order valence-electron chi connectivity index (χ2n) is 5.05. The number of aryl methyl sites for hydroxylation is 2. The Balaban J connectivity index is 1.91. The molecule has 2 unspecified atom stereocenters. The van der Waals surface area contributed by atoms with Crippen LogP contribution in [0.4, 0.5) is 0 Å². The van der Waals surface area contributed by atoms with Crippen molar-refractivity contribution in [2.24, 2.45) is 5.92 Å². The van der Waals surface area contributed by atoms with Crippen LogP contribution >= 0.6 is 0 Å². The van der Waals surface area contributed by atoms with E-state index in [2.05, 4.69) is 26.0 Å². The van der Waals surface area contributed by atoms with Gasteiger partial charge in [-0.05, 0) is 48.4 Å². The predicted octanol–water partition coefficient (Wildman–Crippen LogP) is 2.96. The zero-order valence-electron chi connectivity index (χ0n) is 10.8. The topological polar surface area (TPSA) is 29.5 Å². The Kier molecular flexibility index (Phi) is 4.06. The van der Waals surface area contributed by atoms with Gasteiger partial charge >= 0.3 is 0 Å². The molecule has 0 saturated heterocycles. The molecule has 1 aromatic rings. The van der Waals surface area contributed by atoms with Gasteiger partial charge in [-0.2, -0.15) is 0 Å². The van der Waals surface area contributed by atoms with Gasteiger partial charge in [-0.1, -0.05) is 26.3 Å². The number of benzene rings is 1. The van der Waals surface area contributed by atoms with E-state index in [9.17, 15) is 5.11 Å². The molecule has 0 saturated carbocycles. The average Bonchev–Trinajstić information content (AvgIpc) is 2.82. The van der Waals surface area contributed by atoms with E-state index >= 15 is 0 Å². The summed E-state index contributed by atoms with van der Waals surface area (Å²) in [5, 5.41) is 9.85. The molecule has 2 rings (SSSR count). The zero-order chi connectivity index (χ0) is 12.3. The quantitative estimate of drug-likeness (QED) is 0.848. The van der Waals surface area contributed by atoms with E-state index in [4.69, 9.17) is 4.74 Å². The van der Waals surface area contributed by atoms with Crippen LogP contribution in [0.3, 0.4) is 0 Å². The van der Waals surface area contributed by atoms with Crippen molar-refractivity contribution < 1.29 is 9.84 Å². The lowest BCUT2D eigenvalue weighted by molar-refractivity contribution is 0.0622. The summed E-state index contributed by atoms with van der Waals surface area (Å²) >= 11 is 0. The smallest absolute Gasteiger partial charge is 0.119 e. The number of ether oxygens (including phenoxy) is 1. The van der Waals surface area contributed by atoms with Gasteiger partial charge in [0.1, 0.15) is 12.4 Å². The lowest BCUT2D eigenvalue weighted by atomic mass is 10.0. The van der Waals surface area contributed by atoms with Crippen LogP contribution < -0.4 is 4.74 Å². The van der Waals surface area contributed by atoms with Crippen molar-refractivity contribution in [3.8, 4) is 5.75 Å². The lowest BCUT2D eigenvalue weighted by Gasteiger charge is -2.18. The Morgan fingerprint density at radius 2 is 2.06 bits per heavy atom. The van der Waals surface area contributed by atoms with Crippen molar-refractivity contribution in [1.29, 1.82) is 0 Å². The molecule has 1 aliphatic rings. The molecule has 0 aliphatic heterocycles. The van der Waals surface area contributed by atoms with Crippen LogP contribution in [0.1, 0.15) is 37.8 Å². The molecule has 0 radical (unpaired) electrons. The van der Waals surface area contributed by atoms with Gasteiger partial charge in [0, 0.05) is 0 Å². The highest BCUT2D eigenvalue weighted by atomic mass is 16.5. The summed E-state index contributed by atoms with van der Waals surface area (Å²) in [6, 6.07) is 6.31. The fourth-order valence-electron chi connectivity index (χ4n) is 2.26. The molecule has 0 bridgehead atoms. The molecule has 1 N–H and O–H groups in total. The van der Waals surface area contributed by atoms with Gasteiger partial charge in [0.15, 0.2) is 0 Å². The van der Waals surface area contributed by atoms with Crippen LogP contribution in [-0.4, -0.2) is 17.8 Å². The minimum Gasteiger partial charge on any atom is -0.491 e. The van der Waals surface area contributed by atoms with Crippen molar-refractivity contribution in [1.82, 2.24) is 0 Å². The molecule has 1 aromatic carbocycles. The summed E-state index contributed by atoms with van der Waals surface area (Å²) in [5.74, 6) is 1.19. The van der Waals surface area contributed by atoms with Gasteiger partial charge in [-0.3, -0.25) is 0 Å². The summed E-state index contributed by atoms with van der Waals surface area (Å²) in [5.41, 5.74) is 2.88. The maximum atomic E-state index is 9.85. The summed E-state index contributed by atoms with van der Waals surface area (Å²) in [6.07, 6.45) is 4.24. The largest absolute Gasteiger partial charge is 0.491 e. The van der Waals surface area contributed by atoms with E-state index in [1.807, 2.05) is 6.07 Å². The van der Waals surface area contributed by atoms with Gasteiger partial charge in [-0.25, -0.2) is 0 Å². The first kappa shape index (κ1) is 12.4. The maximum absolute atomic E-state index is 9.85. The van der Waals surface area contributed by atoms with Crippen LogP contribution in [0.2, 0.25) is 0 Å². The average molecular weight is 234 g/mol. The van der Waals surface area contributed by atoms with Crippen molar-refractivity contribution in [3.63, 3.8) is 0 Å². The van der Waals surface area contributed by atoms with Gasteiger partial charge in [0.05, 0.1) is 6.10 Å². The fraction of sp³-hybridized carbons (Fsp3) is 0.600. The number of fused-ring (bicyclic) bond motifs is 1. The maximum Gasteiger partial charge on any atom is 0.119 e. The molecule has 2 atom stereocenters. The molecule has 2 nitrogen and oxygen atoms in total. The normalized spacial score (nSPS) is 17.6. The molecule has 17 heavy (non-hydrogen) atoms. The van der Waals surface area contributed by atoms with Crippen molar-refractivity contribution in [2.45, 2.75) is 45.6 Å². The number of rotatable bonds is 5. The van der Waals surface area contributed by atoms with Crippen LogP contribution in [0, 0.1) is 5.92 Å². The highest BCUT2D eigenvalue weighted by molar-refractivity contribution is 5.38. The SMILES string of the molecule is CCC(C)C(O)COc1ccc2c(c1)CCC2. The molecular weight excluding hydrogens is 212 g/mol. The summed E-state index contributed by atoms with van der Waals surface area (Å²) < 4.78 is 5.67. The van der Waals surface area contributed by atoms with Gasteiger partial charge in [0.25, 0.3) is 0 Å². The second kappa shape index (κ2) is 5.54. The molecular formula is C15H22O2. The van der Waals surface area contributed by atoms with E-state index in [0.29, 0.717) is 12.5 Å². The second-order valence-corrected chi connectivity index (χ2v) is 5.05. The molecule has 2 heteroatoms. The van der Waals surface area contributed by atoms with Crippen molar-refractivity contribution in [3.05, 3.63) is 29.3 Å². The highest BCUT2D eigenvalue weighted by Gasteiger charge is 2.14. The third-order valence-electron chi connectivity index (χ3n) is 3.79. The number of hydrogen-bond donors (Lipinski definition) is 1. The molecule has 0 amide bonds. The van der Waals surface area contributed by atoms with Gasteiger partial charge in [-0.15, -0.1) is 0 Å². The number of hydrogen-bond acceptors (Lipinski definition) is 2. The Morgan fingerprint density at radius 1 is 1.29 bits per heavy atom. The lowest BCUT2D eigenvalue weighted by Crippen LogP contribution is -2.24. The highest BCUT2D eigenvalue weighted by Crippen LogP contribution is 2.26. The summed E-state index contributed by atoms with van der Waals surface area (Å²) in [7, 11) is 0. The Hall–Kier alpha value is -1.02. The van der Waals surface area contributed by atoms with Crippen LogP contribution in [-0.2, 0) is 12.8 Å². The minimum atomic E-state index is -0.367. The first-order valence-electron chi connectivity index (χ1n) is 6.63. The molecule has 0 fully saturated rings. The molecule has 94 valence electrons. The van der Waals surface area contributed by atoms with Gasteiger partial charge in [0.2, 0.25) is 0 Å². The third kappa shape index (κ3) is 3.01. The standard InChI is InChI=1S/C15H22O2/c1-3-11(2)15(16)10-17-14-8-7-12-5-4-6-13(12)9-14/h7-9,11,15-16H,3-6,10H2,1-2H3. The molecule has 1 aliphatic carbocycles. The number of aliphatic hydroxyl groups is 1. The fourth-order valence-corrected chi connectivity index (χ4v) is 2.26. The monoisotopic (exact) mass is 234 g/mol. The predicted molar refractivity (Wildman–Crippen MR) is 69.4 cm³/mol. The Labute approximate surface area is 104 Å². The van der Waals surface area contributed by atoms with E-state index in [0.717, 1.165) is 12.2 Å². The van der Waals surface area contributed by atoms with Crippen LogP contribution in [0.5, 0.6) is 5.75 Å². The summed E-state index contributed by atoms with van der Waals surface area (Å²) in [4.78, 5) is 0. The van der Waals surface area contributed by atoms with Crippen LogP contribution in [0.25, 0.3) is 0 Å². The van der Waals surface area contributed by atoms with Gasteiger partial charge < -0.3 is 9.84 Å². The Bertz CT molecular complexity index is 373. The molecule has 0 aromatic heterocycles. The van der Waals surface area contributed by atoms with E-state index in [1.54, 1.807) is 0 Å². The van der Waals surface area contributed by atoms with Crippen LogP contribution in [0.15, 0.2) is 18.2 Å². The minimum absolute atomic E-state index is 0.296. The number of aliphatic hydroxyl groups excluding tert-OH is 1. The van der Waals surface area contributed by atoms with E-state index in [1.165, 1.54) is 30.4 Å². The van der Waals surface area contributed by atoms with Crippen molar-refractivity contribution in [2.75, 3.05) is 6.61 Å².